The van der Waals surface area contributed by atoms with Crippen LogP contribution in [-0.2, 0) is 33.6 Å². The lowest BCUT2D eigenvalue weighted by molar-refractivity contribution is -0.136. The maximum Gasteiger partial charge on any atom is 0.245 e. The van der Waals surface area contributed by atoms with Crippen molar-refractivity contribution in [2.24, 2.45) is 22.4 Å². The molecule has 0 aliphatic heterocycles. The van der Waals surface area contributed by atoms with Crippen molar-refractivity contribution >= 4 is 47.3 Å². The summed E-state index contributed by atoms with van der Waals surface area (Å²) in [5.41, 5.74) is 10.8. The fourth-order valence-electron chi connectivity index (χ4n) is 4.83. The number of nitrogens with one attached hydrogen (secondary N) is 7. The predicted molar refractivity (Wildman–Crippen MR) is 188 cm³/mol. The van der Waals surface area contributed by atoms with Gasteiger partial charge in [-0.1, -0.05) is 33.6 Å². The molecule has 0 unspecified atom stereocenters. The summed E-state index contributed by atoms with van der Waals surface area (Å²) in [7, 11) is 0. The molecule has 0 aliphatic rings. The fraction of sp³-hybridized carbons (Fsp3) is 0.750. The first-order valence-electron chi connectivity index (χ1n) is 17.3. The van der Waals surface area contributed by atoms with Gasteiger partial charge in [-0.3, -0.25) is 38.6 Å². The molecule has 0 radical (unpaired) electrons. The van der Waals surface area contributed by atoms with Crippen LogP contribution < -0.4 is 48.7 Å². The Morgan fingerprint density at radius 3 is 1.64 bits per heavy atom. The molecule has 18 heteroatoms. The van der Waals surface area contributed by atoms with Gasteiger partial charge < -0.3 is 53.8 Å². The minimum absolute atomic E-state index is 0.104. The Kier molecular flexibility index (Phi) is 23.2. The van der Waals surface area contributed by atoms with Crippen LogP contribution in [0.25, 0.3) is 0 Å². The van der Waals surface area contributed by atoms with Crippen LogP contribution in [0.1, 0.15) is 92.9 Å². The first-order chi connectivity index (χ1) is 23.6. The van der Waals surface area contributed by atoms with Crippen LogP contribution in [0.5, 0.6) is 0 Å². The van der Waals surface area contributed by atoms with E-state index in [-0.39, 0.29) is 43.6 Å². The van der Waals surface area contributed by atoms with Gasteiger partial charge in [-0.25, -0.2) is 0 Å². The van der Waals surface area contributed by atoms with E-state index < -0.39 is 72.3 Å². The van der Waals surface area contributed by atoms with Crippen LogP contribution in [0.2, 0.25) is 0 Å². The standard InChI is InChI=1S/C32H60N10O8/c1-7-13-22(39-30(49)25(18-43)42-31(50)26(19(4)8-2)38-21(6)45)28(47)41-24(14-10-11-16-36-20(5)44)29(48)40-23(27(46)35-9-3)15-12-17-37-32(33)34/h19,22-26,43H,7-18H2,1-6H3,(H,35,46)(H,36,44)(H,38,45)(H,39,49)(H,40,48)(H,41,47)(H,42,50)(H4,33,34,37)/t19-,22+,23+,24+,25+,26-/m1/s1. The number of carbonyl (C=O) groups is 7. The maximum absolute atomic E-state index is 13.6. The highest BCUT2D eigenvalue weighted by Crippen LogP contribution is 2.10. The number of unbranched alkanes of at least 4 members (excludes halogenated alkanes) is 1. The number of hydrogen-bond acceptors (Lipinski definition) is 9. The maximum atomic E-state index is 13.6. The van der Waals surface area contributed by atoms with Crippen molar-refractivity contribution in [3.63, 3.8) is 0 Å². The lowest BCUT2D eigenvalue weighted by Gasteiger charge is -2.27. The van der Waals surface area contributed by atoms with E-state index >= 15 is 0 Å². The van der Waals surface area contributed by atoms with Crippen LogP contribution in [0.15, 0.2) is 4.99 Å². The van der Waals surface area contributed by atoms with Crippen molar-refractivity contribution in [3.8, 4) is 0 Å². The molecule has 0 spiro atoms. The molecule has 286 valence electrons. The number of likely N-dealkylation sites (N-methyl/N-ethyl adjacent to an activating group) is 1. The Morgan fingerprint density at radius 2 is 1.16 bits per heavy atom. The second-order valence-electron chi connectivity index (χ2n) is 12.1. The first-order valence-corrected chi connectivity index (χ1v) is 17.3. The number of amides is 7. The van der Waals surface area contributed by atoms with Crippen LogP contribution in [0.3, 0.4) is 0 Å². The third kappa shape index (κ3) is 18.9. The van der Waals surface area contributed by atoms with Crippen molar-refractivity contribution in [1.82, 2.24) is 37.2 Å². The van der Waals surface area contributed by atoms with E-state index in [1.54, 1.807) is 20.8 Å². The first kappa shape index (κ1) is 45.5. The summed E-state index contributed by atoms with van der Waals surface area (Å²) < 4.78 is 0. The Bertz CT molecular complexity index is 1150. The topological polar surface area (TPSA) is 288 Å². The molecule has 0 fully saturated rings. The lowest BCUT2D eigenvalue weighted by atomic mass is 9.98. The van der Waals surface area contributed by atoms with E-state index in [2.05, 4.69) is 42.2 Å². The zero-order valence-corrected chi connectivity index (χ0v) is 30.4. The smallest absolute Gasteiger partial charge is 0.245 e. The minimum atomic E-state index is -1.43. The van der Waals surface area contributed by atoms with Gasteiger partial charge in [-0.05, 0) is 51.4 Å². The van der Waals surface area contributed by atoms with Crippen LogP contribution in [0.4, 0.5) is 0 Å². The summed E-state index contributed by atoms with van der Waals surface area (Å²) in [5.74, 6) is -4.28. The van der Waals surface area contributed by atoms with Gasteiger partial charge >= 0.3 is 0 Å². The van der Waals surface area contributed by atoms with Crippen LogP contribution in [-0.4, -0.2) is 109 Å². The summed E-state index contributed by atoms with van der Waals surface area (Å²) >= 11 is 0. The Labute approximate surface area is 294 Å². The summed E-state index contributed by atoms with van der Waals surface area (Å²) in [4.78, 5) is 93.0. The number of nitrogens with two attached hydrogens (primary N) is 2. The fourth-order valence-corrected chi connectivity index (χ4v) is 4.83. The van der Waals surface area contributed by atoms with Crippen LogP contribution >= 0.6 is 0 Å². The predicted octanol–water partition coefficient (Wildman–Crippen LogP) is -2.24. The molecule has 0 saturated carbocycles. The van der Waals surface area contributed by atoms with E-state index in [9.17, 15) is 38.7 Å². The lowest BCUT2D eigenvalue weighted by Crippen LogP contribution is -2.60. The van der Waals surface area contributed by atoms with Gasteiger partial charge in [0.25, 0.3) is 0 Å². The molecule has 0 aliphatic carbocycles. The number of nitrogens with zero attached hydrogens (tertiary/aromatic N) is 1. The highest BCUT2D eigenvalue weighted by molar-refractivity contribution is 5.96. The zero-order valence-electron chi connectivity index (χ0n) is 30.4. The number of guanidine groups is 1. The number of aliphatic hydroxyl groups is 1. The molecule has 0 aromatic carbocycles. The van der Waals surface area contributed by atoms with Crippen molar-refractivity contribution in [2.75, 3.05) is 26.2 Å². The molecular formula is C32H60N10O8. The van der Waals surface area contributed by atoms with Gasteiger partial charge in [-0.15, -0.1) is 0 Å². The molecule has 0 heterocycles. The molecule has 12 N–H and O–H groups in total. The molecule has 0 aromatic rings. The molecule has 0 rings (SSSR count). The Balaban J connectivity index is 5.98. The Morgan fingerprint density at radius 1 is 0.640 bits per heavy atom. The molecule has 6 atom stereocenters. The third-order valence-corrected chi connectivity index (χ3v) is 7.74. The summed E-state index contributed by atoms with van der Waals surface area (Å²) in [6.45, 7) is 9.88. The third-order valence-electron chi connectivity index (χ3n) is 7.74. The number of hydrogen-bond donors (Lipinski definition) is 10. The van der Waals surface area contributed by atoms with E-state index in [1.807, 2.05) is 6.92 Å². The van der Waals surface area contributed by atoms with Crippen LogP contribution in [0, 0.1) is 5.92 Å². The van der Waals surface area contributed by atoms with Gasteiger partial charge in [0.1, 0.15) is 30.2 Å². The quantitative estimate of drug-likeness (QED) is 0.0276. The van der Waals surface area contributed by atoms with Crippen molar-refractivity contribution < 1.29 is 38.7 Å². The van der Waals surface area contributed by atoms with E-state index in [1.165, 1.54) is 13.8 Å². The monoisotopic (exact) mass is 712 g/mol. The SMILES string of the molecule is CCC[C@H](NC(=O)[C@H](CO)NC(=O)[C@H](NC(C)=O)[C@H](C)CC)C(=O)N[C@@H](CCCCNC(C)=O)C(=O)N[C@@H](CCCN=C(N)N)C(=O)NCC. The molecule has 50 heavy (non-hydrogen) atoms. The molecule has 7 amide bonds. The van der Waals surface area contributed by atoms with E-state index in [0.717, 1.165) is 0 Å². The average molecular weight is 713 g/mol. The van der Waals surface area contributed by atoms with Crippen molar-refractivity contribution in [2.45, 2.75) is 123 Å². The number of aliphatic hydroxyl groups excluding tert-OH is 1. The molecule has 0 saturated heterocycles. The van der Waals surface area contributed by atoms with Gasteiger partial charge in [0.2, 0.25) is 41.4 Å². The normalized spacial score (nSPS) is 14.3. The zero-order chi connectivity index (χ0) is 38.2. The molecule has 0 aromatic heterocycles. The second kappa shape index (κ2) is 25.5. The van der Waals surface area contributed by atoms with Gasteiger partial charge in [0.15, 0.2) is 5.96 Å². The summed E-state index contributed by atoms with van der Waals surface area (Å²) in [6.07, 6.45) is 2.82. The highest BCUT2D eigenvalue weighted by Gasteiger charge is 2.32. The van der Waals surface area contributed by atoms with E-state index in [4.69, 9.17) is 11.5 Å². The number of carbonyl (C=O) groups excluding carboxylic acids is 7. The Hall–Kier alpha value is -4.48. The highest BCUT2D eigenvalue weighted by atomic mass is 16.3. The minimum Gasteiger partial charge on any atom is -0.394 e. The average Bonchev–Trinajstić information content (AvgIpc) is 3.05. The van der Waals surface area contributed by atoms with E-state index in [0.29, 0.717) is 45.2 Å². The number of rotatable bonds is 25. The second-order valence-corrected chi connectivity index (χ2v) is 12.1. The molecule has 18 nitrogen and oxygen atoms in total. The van der Waals surface area contributed by atoms with Crippen molar-refractivity contribution in [1.29, 1.82) is 0 Å². The van der Waals surface area contributed by atoms with Crippen molar-refractivity contribution in [3.05, 3.63) is 0 Å². The van der Waals surface area contributed by atoms with Gasteiger partial charge in [0, 0.05) is 33.5 Å². The summed E-state index contributed by atoms with van der Waals surface area (Å²) in [6, 6.07) is -5.60. The van der Waals surface area contributed by atoms with Gasteiger partial charge in [-0.2, -0.15) is 0 Å². The number of aliphatic imine (C=N–C) groups is 1. The molecular weight excluding hydrogens is 652 g/mol. The molecule has 0 bridgehead atoms. The summed E-state index contributed by atoms with van der Waals surface area (Å²) in [5, 5.41) is 28.3. The largest absolute Gasteiger partial charge is 0.394 e. The van der Waals surface area contributed by atoms with Gasteiger partial charge in [0.05, 0.1) is 6.61 Å².